The smallest absolute Gasteiger partial charge is 0.492 e. The van der Waals surface area contributed by atoms with Crippen LogP contribution in [-0.4, -0.2) is 44.0 Å². The molecule has 3 aliphatic heterocycles. The maximum atomic E-state index is 13.5. The van der Waals surface area contributed by atoms with Gasteiger partial charge in [0.1, 0.15) is 17.8 Å². The van der Waals surface area contributed by atoms with E-state index in [2.05, 4.69) is 14.8 Å². The quantitative estimate of drug-likeness (QED) is 0.652. The third-order valence-electron chi connectivity index (χ3n) is 6.67. The predicted molar refractivity (Wildman–Crippen MR) is 118 cm³/mol. The molecule has 186 valence electrons. The topological polar surface area (TPSA) is 92.3 Å². The molecule has 1 amide bonds. The number of alkyl halides is 2. The molecule has 0 radical (unpaired) electrons. The number of fused-ring (bicyclic) bond motifs is 2. The normalized spacial score (nSPS) is 28.1. The second kappa shape index (κ2) is 8.37. The Morgan fingerprint density at radius 3 is 2.43 bits per heavy atom. The first-order valence-corrected chi connectivity index (χ1v) is 11.3. The van der Waals surface area contributed by atoms with Gasteiger partial charge in [0.25, 0.3) is 0 Å². The fraction of sp³-hybridized carbons (Fsp3) is 0.440. The molecule has 10 heteroatoms. The van der Waals surface area contributed by atoms with E-state index < -0.39 is 17.7 Å². The molecule has 0 aliphatic carbocycles. The van der Waals surface area contributed by atoms with Crippen LogP contribution in [0.15, 0.2) is 36.4 Å². The van der Waals surface area contributed by atoms with Gasteiger partial charge in [-0.1, -0.05) is 12.1 Å². The maximum absolute atomic E-state index is 13.5. The van der Waals surface area contributed by atoms with Crippen LogP contribution in [0, 0.1) is 0 Å². The SMILES string of the molecule is COC(=O)c1ccc([C@H]2C[C@@H](NC(=O)[C@@]3(C)COc4cc5c(cc43)OC(F)(F)O5)C[C@@H](C)O2)cc1. The highest BCUT2D eigenvalue weighted by molar-refractivity contribution is 5.90. The van der Waals surface area contributed by atoms with Crippen LogP contribution in [0.1, 0.15) is 54.3 Å². The molecule has 0 saturated carbocycles. The molecule has 5 rings (SSSR count). The number of carbonyl (C=O) groups is 2. The Labute approximate surface area is 200 Å². The lowest BCUT2D eigenvalue weighted by molar-refractivity contribution is -0.286. The minimum atomic E-state index is -3.75. The molecule has 1 saturated heterocycles. The van der Waals surface area contributed by atoms with Crippen LogP contribution in [0.5, 0.6) is 17.2 Å². The highest BCUT2D eigenvalue weighted by Crippen LogP contribution is 2.50. The number of amides is 1. The number of hydrogen-bond acceptors (Lipinski definition) is 7. The van der Waals surface area contributed by atoms with E-state index in [-0.39, 0.29) is 42.3 Å². The number of hydrogen-bond donors (Lipinski definition) is 1. The van der Waals surface area contributed by atoms with Crippen molar-refractivity contribution in [3.63, 3.8) is 0 Å². The highest BCUT2D eigenvalue weighted by Gasteiger charge is 2.49. The van der Waals surface area contributed by atoms with Crippen molar-refractivity contribution in [3.05, 3.63) is 53.1 Å². The van der Waals surface area contributed by atoms with Gasteiger partial charge >= 0.3 is 12.3 Å². The molecule has 0 aromatic heterocycles. The first kappa shape index (κ1) is 23.3. The Morgan fingerprint density at radius 2 is 1.74 bits per heavy atom. The van der Waals surface area contributed by atoms with Gasteiger partial charge in [-0.05, 0) is 50.5 Å². The summed E-state index contributed by atoms with van der Waals surface area (Å²) in [6.07, 6.45) is -3.00. The molecule has 3 heterocycles. The van der Waals surface area contributed by atoms with Gasteiger partial charge in [-0.2, -0.15) is 0 Å². The van der Waals surface area contributed by atoms with E-state index in [1.54, 1.807) is 19.1 Å². The van der Waals surface area contributed by atoms with Crippen molar-refractivity contribution in [1.82, 2.24) is 5.32 Å². The van der Waals surface area contributed by atoms with Crippen molar-refractivity contribution >= 4 is 11.9 Å². The molecular formula is C25H25F2NO7. The van der Waals surface area contributed by atoms with Crippen LogP contribution in [0.25, 0.3) is 0 Å². The Bertz CT molecular complexity index is 1170. The predicted octanol–water partition coefficient (Wildman–Crippen LogP) is 3.87. The Kier molecular flexibility index (Phi) is 5.58. The molecule has 3 aliphatic rings. The van der Waals surface area contributed by atoms with Gasteiger partial charge in [-0.15, -0.1) is 8.78 Å². The van der Waals surface area contributed by atoms with E-state index in [1.807, 2.05) is 19.1 Å². The third kappa shape index (κ3) is 4.27. The van der Waals surface area contributed by atoms with E-state index >= 15 is 0 Å². The molecule has 0 bridgehead atoms. The lowest BCUT2D eigenvalue weighted by Crippen LogP contribution is -2.50. The fourth-order valence-corrected chi connectivity index (χ4v) is 4.79. The Balaban J connectivity index is 1.31. The van der Waals surface area contributed by atoms with Gasteiger partial charge in [0, 0.05) is 17.7 Å². The third-order valence-corrected chi connectivity index (χ3v) is 6.67. The first-order chi connectivity index (χ1) is 16.6. The van der Waals surface area contributed by atoms with Crippen LogP contribution in [0.3, 0.4) is 0 Å². The number of esters is 1. The maximum Gasteiger partial charge on any atom is 0.586 e. The van der Waals surface area contributed by atoms with E-state index in [4.69, 9.17) is 14.2 Å². The van der Waals surface area contributed by atoms with Crippen LogP contribution in [-0.2, 0) is 19.7 Å². The van der Waals surface area contributed by atoms with Crippen LogP contribution < -0.4 is 19.5 Å². The second-order valence-corrected chi connectivity index (χ2v) is 9.27. The summed E-state index contributed by atoms with van der Waals surface area (Å²) in [5.74, 6) is -0.642. The van der Waals surface area contributed by atoms with E-state index in [1.165, 1.54) is 19.2 Å². The van der Waals surface area contributed by atoms with Gasteiger partial charge in [0.15, 0.2) is 11.5 Å². The monoisotopic (exact) mass is 489 g/mol. The van der Waals surface area contributed by atoms with E-state index in [0.29, 0.717) is 29.7 Å². The van der Waals surface area contributed by atoms with Crippen LogP contribution >= 0.6 is 0 Å². The van der Waals surface area contributed by atoms with Crippen molar-refractivity contribution < 1.29 is 42.1 Å². The summed E-state index contributed by atoms with van der Waals surface area (Å²) in [4.78, 5) is 25.1. The molecular weight excluding hydrogens is 464 g/mol. The number of methoxy groups -OCH3 is 1. The molecule has 8 nitrogen and oxygen atoms in total. The molecule has 2 aromatic carbocycles. The van der Waals surface area contributed by atoms with Gasteiger partial charge in [0.2, 0.25) is 5.91 Å². The summed E-state index contributed by atoms with van der Waals surface area (Å²) in [5, 5.41) is 3.10. The zero-order valence-corrected chi connectivity index (χ0v) is 19.4. The largest absolute Gasteiger partial charge is 0.586 e. The average Bonchev–Trinajstić information content (AvgIpc) is 3.31. The van der Waals surface area contributed by atoms with Gasteiger partial charge in [-0.3, -0.25) is 4.79 Å². The van der Waals surface area contributed by atoms with Gasteiger partial charge < -0.3 is 29.0 Å². The summed E-state index contributed by atoms with van der Waals surface area (Å²) >= 11 is 0. The number of halogens is 2. The Hall–Kier alpha value is -3.40. The minimum absolute atomic E-state index is 0.0602. The van der Waals surface area contributed by atoms with Crippen LogP contribution in [0.2, 0.25) is 0 Å². The summed E-state index contributed by atoms with van der Waals surface area (Å²) < 4.78 is 52.5. The zero-order chi connectivity index (χ0) is 25.0. The van der Waals surface area contributed by atoms with Crippen molar-refractivity contribution in [2.24, 2.45) is 0 Å². The number of ether oxygens (including phenoxy) is 5. The van der Waals surface area contributed by atoms with E-state index in [9.17, 15) is 18.4 Å². The second-order valence-electron chi connectivity index (χ2n) is 9.27. The molecule has 4 atom stereocenters. The highest BCUT2D eigenvalue weighted by atomic mass is 19.3. The summed E-state index contributed by atoms with van der Waals surface area (Å²) in [7, 11) is 1.33. The minimum Gasteiger partial charge on any atom is -0.492 e. The average molecular weight is 489 g/mol. The summed E-state index contributed by atoms with van der Waals surface area (Å²) in [5.41, 5.74) is 0.699. The number of carbonyl (C=O) groups excluding carboxylic acids is 2. The summed E-state index contributed by atoms with van der Waals surface area (Å²) in [6, 6.07) is 9.52. The van der Waals surface area contributed by atoms with Crippen molar-refractivity contribution in [2.75, 3.05) is 13.7 Å². The van der Waals surface area contributed by atoms with Crippen LogP contribution in [0.4, 0.5) is 8.78 Å². The van der Waals surface area contributed by atoms with Crippen molar-refractivity contribution in [1.29, 1.82) is 0 Å². The lowest BCUT2D eigenvalue weighted by Gasteiger charge is -2.36. The van der Waals surface area contributed by atoms with Crippen molar-refractivity contribution in [2.45, 2.75) is 56.6 Å². The first-order valence-electron chi connectivity index (χ1n) is 11.3. The lowest BCUT2D eigenvalue weighted by atomic mass is 9.82. The number of rotatable bonds is 4. The standard InChI is InChI=1S/C25H25F2NO7/c1-13-8-16(9-18(33-13)14-4-6-15(7-5-14)22(29)31-3)28-23(30)24(2)12-32-19-11-21-20(10-17(19)24)34-25(26,27)35-21/h4-7,10-11,13,16,18H,8-9,12H2,1-3H3,(H,28,30)/t13-,16+,18-,24+/m1/s1. The number of benzene rings is 2. The molecule has 1 fully saturated rings. The summed E-state index contributed by atoms with van der Waals surface area (Å²) in [6.45, 7) is 3.70. The zero-order valence-electron chi connectivity index (χ0n) is 19.4. The van der Waals surface area contributed by atoms with E-state index in [0.717, 1.165) is 5.56 Å². The fourth-order valence-electron chi connectivity index (χ4n) is 4.79. The molecule has 0 spiro atoms. The molecule has 0 unspecified atom stereocenters. The number of nitrogens with one attached hydrogen (secondary N) is 1. The molecule has 35 heavy (non-hydrogen) atoms. The molecule has 2 aromatic rings. The van der Waals surface area contributed by atoms with Gasteiger partial charge in [0.05, 0.1) is 24.9 Å². The molecule has 1 N–H and O–H groups in total. The van der Waals surface area contributed by atoms with Gasteiger partial charge in [-0.25, -0.2) is 4.79 Å². The van der Waals surface area contributed by atoms with Crippen molar-refractivity contribution in [3.8, 4) is 17.2 Å². The Morgan fingerprint density at radius 1 is 1.06 bits per heavy atom.